The number of ether oxygens (including phenoxy) is 1. The maximum absolute atomic E-state index is 12.1. The van der Waals surface area contributed by atoms with E-state index in [-0.39, 0.29) is 18.4 Å². The first-order valence-electron chi connectivity index (χ1n) is 9.89. The minimum Gasteiger partial charge on any atom is -0.447 e. The Balaban J connectivity index is 1.38. The van der Waals surface area contributed by atoms with Gasteiger partial charge in [-0.1, -0.05) is 23.3 Å². The average molecular weight is 470 g/mol. The second kappa shape index (κ2) is 8.50. The molecule has 0 radical (unpaired) electrons. The summed E-state index contributed by atoms with van der Waals surface area (Å²) >= 11 is 6.09. The molecule has 1 aromatic heterocycles. The summed E-state index contributed by atoms with van der Waals surface area (Å²) in [6.45, 7) is -0.0719. The highest BCUT2D eigenvalue weighted by molar-refractivity contribution is 6.31. The van der Waals surface area contributed by atoms with Crippen molar-refractivity contribution >= 4 is 40.3 Å². The largest absolute Gasteiger partial charge is 0.493 e. The highest BCUT2D eigenvalue weighted by Crippen LogP contribution is 2.47. The van der Waals surface area contributed by atoms with Crippen LogP contribution in [0.4, 0.5) is 23.7 Å². The number of rotatable bonds is 3. The summed E-state index contributed by atoms with van der Waals surface area (Å²) < 4.78 is 41.0. The molecule has 2 aromatic rings. The fraction of sp³-hybridized carbons (Fsp3) is 0.381. The van der Waals surface area contributed by atoms with E-state index in [4.69, 9.17) is 27.1 Å². The predicted molar refractivity (Wildman–Crippen MR) is 110 cm³/mol. The van der Waals surface area contributed by atoms with Gasteiger partial charge in [-0.25, -0.2) is 9.59 Å². The van der Waals surface area contributed by atoms with Crippen molar-refractivity contribution in [1.82, 2.24) is 10.5 Å². The fourth-order valence-electron chi connectivity index (χ4n) is 4.42. The average Bonchev–Trinajstić information content (AvgIpc) is 2.70. The van der Waals surface area contributed by atoms with Crippen LogP contribution in [0.1, 0.15) is 36.4 Å². The van der Waals surface area contributed by atoms with Gasteiger partial charge >= 0.3 is 18.2 Å². The van der Waals surface area contributed by atoms with Crippen LogP contribution in [-0.4, -0.2) is 29.8 Å². The number of hydroxylamine groups is 1. The van der Waals surface area contributed by atoms with Crippen molar-refractivity contribution in [3.8, 4) is 0 Å². The molecule has 32 heavy (non-hydrogen) atoms. The number of benzene rings is 1. The molecule has 11 heteroatoms. The van der Waals surface area contributed by atoms with Gasteiger partial charge in [-0.3, -0.25) is 4.98 Å². The number of hydrogen-bond acceptors (Lipinski definition) is 6. The number of amides is 1. The molecule has 0 saturated carbocycles. The molecule has 7 nitrogen and oxygen atoms in total. The zero-order valence-corrected chi connectivity index (χ0v) is 17.4. The fourth-order valence-corrected chi connectivity index (χ4v) is 4.59. The third-order valence-electron chi connectivity index (χ3n) is 5.65. The molecule has 2 atom stereocenters. The van der Waals surface area contributed by atoms with Crippen molar-refractivity contribution in [1.29, 1.82) is 0 Å². The molecule has 2 unspecified atom stereocenters. The Bertz CT molecular complexity index is 1120. The molecule has 0 fully saturated rings. The molecule has 0 aliphatic heterocycles. The van der Waals surface area contributed by atoms with Crippen LogP contribution in [0.15, 0.2) is 29.8 Å². The zero-order chi connectivity index (χ0) is 23.0. The number of fused-ring (bicyclic) bond motifs is 5. The van der Waals surface area contributed by atoms with Gasteiger partial charge in [-0.2, -0.15) is 13.2 Å². The van der Waals surface area contributed by atoms with Crippen molar-refractivity contribution in [2.45, 2.75) is 37.8 Å². The van der Waals surface area contributed by atoms with Gasteiger partial charge in [0, 0.05) is 33.8 Å². The van der Waals surface area contributed by atoms with E-state index < -0.39 is 18.2 Å². The Morgan fingerprint density at radius 2 is 2.06 bits per heavy atom. The topological polar surface area (TPSA) is 104 Å². The van der Waals surface area contributed by atoms with Gasteiger partial charge in [-0.15, -0.1) is 5.48 Å². The van der Waals surface area contributed by atoms with Crippen LogP contribution < -0.4 is 11.2 Å². The number of carbonyl (C=O) groups excluding carboxylic acids is 2. The summed E-state index contributed by atoms with van der Waals surface area (Å²) in [5.74, 6) is -2.09. The van der Waals surface area contributed by atoms with E-state index in [0.717, 1.165) is 40.6 Å². The lowest BCUT2D eigenvalue weighted by atomic mass is 9.70. The number of allylic oxidation sites excluding steroid dienone is 1. The number of pyridine rings is 1. The Morgan fingerprint density at radius 1 is 1.28 bits per heavy atom. The summed E-state index contributed by atoms with van der Waals surface area (Å²) in [6.07, 6.45) is -1.56. The lowest BCUT2D eigenvalue weighted by molar-refractivity contribution is -0.205. The van der Waals surface area contributed by atoms with E-state index in [9.17, 15) is 22.8 Å². The number of halogens is 4. The Morgan fingerprint density at radius 3 is 2.81 bits per heavy atom. The molecule has 4 rings (SSSR count). The third kappa shape index (κ3) is 4.59. The van der Waals surface area contributed by atoms with Crippen molar-refractivity contribution < 1.29 is 32.3 Å². The van der Waals surface area contributed by atoms with Crippen LogP contribution in [0.3, 0.4) is 0 Å². The number of aromatic nitrogens is 1. The molecule has 3 N–H and O–H groups in total. The number of nitrogens with one attached hydrogen (secondary N) is 1. The van der Waals surface area contributed by atoms with E-state index in [1.54, 1.807) is 12.1 Å². The van der Waals surface area contributed by atoms with Crippen molar-refractivity contribution in [3.63, 3.8) is 0 Å². The van der Waals surface area contributed by atoms with Crippen molar-refractivity contribution in [2.24, 2.45) is 5.92 Å². The van der Waals surface area contributed by atoms with Gasteiger partial charge in [-0.05, 0) is 49.3 Å². The Kier molecular flexibility index (Phi) is 5.89. The van der Waals surface area contributed by atoms with E-state index in [1.807, 2.05) is 6.07 Å². The number of nitrogen functional groups attached to an aromatic ring is 1. The Labute approximate surface area is 185 Å². The number of hydrogen-bond donors (Lipinski definition) is 2. The smallest absolute Gasteiger partial charge is 0.447 e. The lowest BCUT2D eigenvalue weighted by Crippen LogP contribution is -2.35. The summed E-state index contributed by atoms with van der Waals surface area (Å²) in [5.41, 5.74) is 12.4. The molecule has 1 heterocycles. The predicted octanol–water partition coefficient (Wildman–Crippen LogP) is 4.58. The maximum Gasteiger partial charge on any atom is 0.493 e. The van der Waals surface area contributed by atoms with Crippen LogP contribution >= 0.6 is 11.6 Å². The summed E-state index contributed by atoms with van der Waals surface area (Å²) in [5, 5.41) is 1.45. The summed E-state index contributed by atoms with van der Waals surface area (Å²) in [7, 11) is 0. The third-order valence-corrected chi connectivity index (χ3v) is 5.89. The standard InChI is InChI=1S/C21H19ClF3N3O4/c22-13-1-2-14-15(9-13)27-16-8-11-5-10(6-12(7-11)17(16)18(14)26)3-4-31-20(30)28-32-19(29)21(23,24)25/h1-2,5,9,11-12H,3-4,6-8H2,(H2,26,27)(H,28,30). The van der Waals surface area contributed by atoms with Crippen LogP contribution in [0.2, 0.25) is 5.02 Å². The number of anilines is 1. The molecule has 2 aliphatic carbocycles. The highest BCUT2D eigenvalue weighted by Gasteiger charge is 2.42. The molecular weight excluding hydrogens is 451 g/mol. The quantitative estimate of drug-likeness (QED) is 0.503. The first-order valence-corrected chi connectivity index (χ1v) is 10.3. The van der Waals surface area contributed by atoms with Gasteiger partial charge < -0.3 is 15.3 Å². The van der Waals surface area contributed by atoms with E-state index >= 15 is 0 Å². The molecule has 170 valence electrons. The van der Waals surface area contributed by atoms with Gasteiger partial charge in [0.25, 0.3) is 0 Å². The van der Waals surface area contributed by atoms with Crippen LogP contribution in [0, 0.1) is 5.92 Å². The van der Waals surface area contributed by atoms with E-state index in [0.29, 0.717) is 23.6 Å². The van der Waals surface area contributed by atoms with Gasteiger partial charge in [0.05, 0.1) is 12.1 Å². The number of carbonyl (C=O) groups is 2. The molecule has 2 aliphatic rings. The molecular formula is C21H19ClF3N3O4. The van der Waals surface area contributed by atoms with E-state index in [1.165, 1.54) is 5.48 Å². The normalized spacial score (nSPS) is 19.7. The van der Waals surface area contributed by atoms with Gasteiger partial charge in [0.15, 0.2) is 0 Å². The zero-order valence-electron chi connectivity index (χ0n) is 16.7. The van der Waals surface area contributed by atoms with Crippen molar-refractivity contribution in [3.05, 3.63) is 46.1 Å². The van der Waals surface area contributed by atoms with Crippen LogP contribution in [0.25, 0.3) is 10.9 Å². The number of nitrogens with two attached hydrogens (primary N) is 1. The molecule has 0 spiro atoms. The molecule has 2 bridgehead atoms. The summed E-state index contributed by atoms with van der Waals surface area (Å²) in [4.78, 5) is 30.4. The minimum atomic E-state index is -5.21. The number of nitrogens with zero attached hydrogens (tertiary/aromatic N) is 1. The first-order chi connectivity index (χ1) is 15.1. The lowest BCUT2D eigenvalue weighted by Gasteiger charge is -2.36. The number of alkyl halides is 3. The SMILES string of the molecule is Nc1c2c(nc3cc(Cl)ccc13)CC1C=C(CCOC(=O)NOC(=O)C(F)(F)F)CC2C1. The van der Waals surface area contributed by atoms with Crippen LogP contribution in [-0.2, 0) is 20.8 Å². The maximum atomic E-state index is 12.1. The summed E-state index contributed by atoms with van der Waals surface area (Å²) in [6, 6.07) is 5.44. The second-order valence-corrected chi connectivity index (χ2v) is 8.28. The first kappa shape index (κ1) is 22.2. The van der Waals surface area contributed by atoms with E-state index in [2.05, 4.69) is 10.9 Å². The van der Waals surface area contributed by atoms with Crippen LogP contribution in [0.5, 0.6) is 0 Å². The highest BCUT2D eigenvalue weighted by atomic mass is 35.5. The van der Waals surface area contributed by atoms with Gasteiger partial charge in [0.1, 0.15) is 0 Å². The molecule has 1 aromatic carbocycles. The second-order valence-electron chi connectivity index (χ2n) is 7.85. The molecule has 0 saturated heterocycles. The monoisotopic (exact) mass is 469 g/mol. The molecule has 1 amide bonds. The Hall–Kier alpha value is -3.01. The minimum absolute atomic E-state index is 0.0719. The van der Waals surface area contributed by atoms with Gasteiger partial charge in [0.2, 0.25) is 0 Å². The van der Waals surface area contributed by atoms with Crippen molar-refractivity contribution in [2.75, 3.05) is 12.3 Å².